The van der Waals surface area contributed by atoms with E-state index in [0.717, 1.165) is 36.1 Å². The van der Waals surface area contributed by atoms with Crippen LogP contribution in [0.2, 0.25) is 0 Å². The average molecular weight is 482 g/mol. The maximum Gasteiger partial charge on any atom is 0.261 e. The number of amides is 3. The predicted molar refractivity (Wildman–Crippen MR) is 131 cm³/mol. The first-order valence-corrected chi connectivity index (χ1v) is 12.9. The van der Waals surface area contributed by atoms with E-state index in [0.29, 0.717) is 11.4 Å². The van der Waals surface area contributed by atoms with Crippen molar-refractivity contribution < 1.29 is 14.4 Å². The van der Waals surface area contributed by atoms with Gasteiger partial charge in [-0.25, -0.2) is 0 Å². The molecule has 1 aliphatic carbocycles. The first-order valence-electron chi connectivity index (χ1n) is 11.1. The Morgan fingerprint density at radius 2 is 1.67 bits per heavy atom. The van der Waals surface area contributed by atoms with E-state index in [-0.39, 0.29) is 30.3 Å². The van der Waals surface area contributed by atoms with Crippen molar-refractivity contribution in [3.63, 3.8) is 0 Å². The SMILES string of the molecule is O=C(NCC(=O)N(Cc1cccs1)[C@H](C(=O)NC1CCCC1)c1ccccc1)c1cccs1. The van der Waals surface area contributed by atoms with Gasteiger partial charge in [0, 0.05) is 10.9 Å². The van der Waals surface area contributed by atoms with Crippen LogP contribution in [0, 0.1) is 0 Å². The molecule has 3 aromatic rings. The summed E-state index contributed by atoms with van der Waals surface area (Å²) in [4.78, 5) is 42.5. The van der Waals surface area contributed by atoms with Gasteiger partial charge in [0.15, 0.2) is 0 Å². The summed E-state index contributed by atoms with van der Waals surface area (Å²) in [6.07, 6.45) is 4.13. The van der Waals surface area contributed by atoms with Gasteiger partial charge in [0.1, 0.15) is 6.04 Å². The number of hydrogen-bond acceptors (Lipinski definition) is 5. The summed E-state index contributed by atoms with van der Waals surface area (Å²) in [6.45, 7) is 0.116. The Morgan fingerprint density at radius 3 is 2.33 bits per heavy atom. The van der Waals surface area contributed by atoms with E-state index >= 15 is 0 Å². The fourth-order valence-corrected chi connectivity index (χ4v) is 5.45. The van der Waals surface area contributed by atoms with Gasteiger partial charge in [-0.15, -0.1) is 22.7 Å². The first kappa shape index (κ1) is 23.2. The summed E-state index contributed by atoms with van der Waals surface area (Å²) in [5.41, 5.74) is 0.752. The number of nitrogens with zero attached hydrogens (tertiary/aromatic N) is 1. The molecule has 0 radical (unpaired) electrons. The number of thiophene rings is 2. The third-order valence-electron chi connectivity index (χ3n) is 5.75. The van der Waals surface area contributed by atoms with Crippen LogP contribution in [-0.4, -0.2) is 35.2 Å². The highest BCUT2D eigenvalue weighted by Gasteiger charge is 2.33. The Labute approximate surface area is 201 Å². The quantitative estimate of drug-likeness (QED) is 0.476. The van der Waals surface area contributed by atoms with Crippen LogP contribution in [0.25, 0.3) is 0 Å². The summed E-state index contributed by atoms with van der Waals surface area (Å²) < 4.78 is 0. The molecule has 1 aromatic carbocycles. The largest absolute Gasteiger partial charge is 0.351 e. The highest BCUT2D eigenvalue weighted by molar-refractivity contribution is 7.12. The lowest BCUT2D eigenvalue weighted by Crippen LogP contribution is -2.48. The van der Waals surface area contributed by atoms with Crippen LogP contribution in [0.5, 0.6) is 0 Å². The molecule has 1 aliphatic rings. The standard InChI is InChI=1S/C25H27N3O3S2/c29-22(16-26-24(30)21-13-7-15-33-21)28(17-20-12-6-14-32-20)23(18-8-2-1-3-9-18)25(31)27-19-10-4-5-11-19/h1-3,6-9,12-15,19,23H,4-5,10-11,16-17H2,(H,26,30)(H,27,31)/t23-/m0/s1. The molecule has 0 saturated heterocycles. The Kier molecular flexibility index (Phi) is 7.91. The number of carbonyl (C=O) groups excluding carboxylic acids is 3. The van der Waals surface area contributed by atoms with E-state index in [4.69, 9.17) is 0 Å². The molecule has 1 fully saturated rings. The highest BCUT2D eigenvalue weighted by Crippen LogP contribution is 2.27. The fraction of sp³-hybridized carbons (Fsp3) is 0.320. The van der Waals surface area contributed by atoms with Crippen LogP contribution in [-0.2, 0) is 16.1 Å². The summed E-state index contributed by atoms with van der Waals surface area (Å²) in [7, 11) is 0. The molecule has 1 atom stereocenters. The molecule has 33 heavy (non-hydrogen) atoms. The van der Waals surface area contributed by atoms with Gasteiger partial charge in [0.2, 0.25) is 11.8 Å². The number of nitrogens with one attached hydrogen (secondary N) is 2. The molecule has 2 N–H and O–H groups in total. The molecule has 3 amide bonds. The molecule has 4 rings (SSSR count). The van der Waals surface area contributed by atoms with Gasteiger partial charge >= 0.3 is 0 Å². The zero-order valence-corrected chi connectivity index (χ0v) is 19.9. The van der Waals surface area contributed by atoms with Gasteiger partial charge in [-0.3, -0.25) is 14.4 Å². The molecule has 1 saturated carbocycles. The summed E-state index contributed by atoms with van der Waals surface area (Å²) in [5, 5.41) is 9.65. The Morgan fingerprint density at radius 1 is 0.939 bits per heavy atom. The summed E-state index contributed by atoms with van der Waals surface area (Å²) >= 11 is 2.86. The monoisotopic (exact) mass is 481 g/mol. The fourth-order valence-electron chi connectivity index (χ4n) is 4.10. The average Bonchev–Trinajstić information content (AvgIpc) is 3.61. The molecule has 0 bridgehead atoms. The van der Waals surface area contributed by atoms with Crippen molar-refractivity contribution >= 4 is 40.4 Å². The Hall–Kier alpha value is -2.97. The van der Waals surface area contributed by atoms with Crippen molar-refractivity contribution in [1.82, 2.24) is 15.5 Å². The molecular formula is C25H27N3O3S2. The second kappa shape index (κ2) is 11.2. The molecule has 2 aromatic heterocycles. The van der Waals surface area contributed by atoms with Crippen LogP contribution in [0.1, 0.15) is 51.8 Å². The van der Waals surface area contributed by atoms with E-state index in [1.54, 1.807) is 17.0 Å². The molecule has 8 heteroatoms. The van der Waals surface area contributed by atoms with Gasteiger partial charge in [0.05, 0.1) is 18.0 Å². The Balaban J connectivity index is 1.58. The molecule has 0 aliphatic heterocycles. The van der Waals surface area contributed by atoms with E-state index in [2.05, 4.69) is 10.6 Å². The minimum absolute atomic E-state index is 0.140. The zero-order valence-electron chi connectivity index (χ0n) is 18.2. The normalized spacial score (nSPS) is 14.5. The lowest BCUT2D eigenvalue weighted by molar-refractivity contribution is -0.141. The molecule has 172 valence electrons. The number of benzene rings is 1. The van der Waals surface area contributed by atoms with Crippen molar-refractivity contribution in [2.45, 2.75) is 44.3 Å². The van der Waals surface area contributed by atoms with E-state index in [1.165, 1.54) is 22.7 Å². The zero-order chi connectivity index (χ0) is 23.0. The number of rotatable bonds is 9. The van der Waals surface area contributed by atoms with Crippen LogP contribution in [0.3, 0.4) is 0 Å². The highest BCUT2D eigenvalue weighted by atomic mass is 32.1. The molecule has 2 heterocycles. The second-order valence-electron chi connectivity index (χ2n) is 8.06. The predicted octanol–water partition coefficient (Wildman–Crippen LogP) is 4.37. The van der Waals surface area contributed by atoms with Crippen LogP contribution >= 0.6 is 22.7 Å². The van der Waals surface area contributed by atoms with Crippen LogP contribution in [0.15, 0.2) is 65.4 Å². The van der Waals surface area contributed by atoms with Crippen molar-refractivity contribution in [1.29, 1.82) is 0 Å². The van der Waals surface area contributed by atoms with Gasteiger partial charge < -0.3 is 15.5 Å². The van der Waals surface area contributed by atoms with E-state index < -0.39 is 6.04 Å². The van der Waals surface area contributed by atoms with Gasteiger partial charge in [-0.1, -0.05) is 55.3 Å². The number of hydrogen-bond donors (Lipinski definition) is 2. The maximum atomic E-state index is 13.5. The molecular weight excluding hydrogens is 454 g/mol. The lowest BCUT2D eigenvalue weighted by Gasteiger charge is -2.32. The van der Waals surface area contributed by atoms with Gasteiger partial charge in [0.25, 0.3) is 5.91 Å². The van der Waals surface area contributed by atoms with E-state index in [1.807, 2.05) is 53.2 Å². The molecule has 6 nitrogen and oxygen atoms in total. The summed E-state index contributed by atoms with van der Waals surface area (Å²) in [6, 6.07) is 16.1. The van der Waals surface area contributed by atoms with Gasteiger partial charge in [-0.2, -0.15) is 0 Å². The Bertz CT molecular complexity index is 1050. The van der Waals surface area contributed by atoms with Crippen molar-refractivity contribution in [3.8, 4) is 0 Å². The van der Waals surface area contributed by atoms with Crippen molar-refractivity contribution in [2.75, 3.05) is 6.54 Å². The third-order valence-corrected chi connectivity index (χ3v) is 7.48. The third kappa shape index (κ3) is 6.09. The van der Waals surface area contributed by atoms with Crippen molar-refractivity contribution in [2.24, 2.45) is 0 Å². The second-order valence-corrected chi connectivity index (χ2v) is 10.0. The lowest BCUT2D eigenvalue weighted by atomic mass is 10.0. The molecule has 0 spiro atoms. The maximum absolute atomic E-state index is 13.5. The topological polar surface area (TPSA) is 78.5 Å². The van der Waals surface area contributed by atoms with Crippen LogP contribution < -0.4 is 10.6 Å². The van der Waals surface area contributed by atoms with Gasteiger partial charge in [-0.05, 0) is 41.3 Å². The van der Waals surface area contributed by atoms with Crippen molar-refractivity contribution in [3.05, 3.63) is 80.7 Å². The minimum atomic E-state index is -0.778. The van der Waals surface area contributed by atoms with E-state index in [9.17, 15) is 14.4 Å². The minimum Gasteiger partial charge on any atom is -0.351 e. The van der Waals surface area contributed by atoms with Crippen LogP contribution in [0.4, 0.5) is 0 Å². The smallest absolute Gasteiger partial charge is 0.261 e. The summed E-state index contributed by atoms with van der Waals surface area (Å²) in [5.74, 6) is -0.771. The molecule has 0 unspecified atom stereocenters. The first-order chi connectivity index (χ1) is 16.1. The number of carbonyl (C=O) groups is 3.